The van der Waals surface area contributed by atoms with Crippen LogP contribution in [0.5, 0.6) is 11.5 Å². The van der Waals surface area contributed by atoms with Gasteiger partial charge in [0.25, 0.3) is 0 Å². The van der Waals surface area contributed by atoms with Crippen LogP contribution < -0.4 is 9.47 Å². The Balaban J connectivity index is 2.57. The molecule has 2 aromatic rings. The van der Waals surface area contributed by atoms with Gasteiger partial charge >= 0.3 is 0 Å². The van der Waals surface area contributed by atoms with Crippen LogP contribution in [0.25, 0.3) is 11.3 Å². The van der Waals surface area contributed by atoms with Crippen molar-refractivity contribution >= 4 is 0 Å². The van der Waals surface area contributed by atoms with Crippen molar-refractivity contribution < 1.29 is 9.47 Å². The number of benzene rings is 1. The summed E-state index contributed by atoms with van der Waals surface area (Å²) in [5.41, 5.74) is 3.61. The minimum absolute atomic E-state index is 0.678. The van der Waals surface area contributed by atoms with Crippen molar-refractivity contribution in [1.82, 2.24) is 4.57 Å². The van der Waals surface area contributed by atoms with Gasteiger partial charge in [-0.25, -0.2) is 0 Å². The molecule has 4 heteroatoms. The zero-order valence-electron chi connectivity index (χ0n) is 11.5. The first-order valence-electron chi connectivity index (χ1n) is 5.91. The molecule has 0 N–H and O–H groups in total. The quantitative estimate of drug-likeness (QED) is 0.848. The van der Waals surface area contributed by atoms with E-state index in [4.69, 9.17) is 14.7 Å². The first-order chi connectivity index (χ1) is 9.12. The minimum Gasteiger partial charge on any atom is -0.493 e. The van der Waals surface area contributed by atoms with Gasteiger partial charge in [-0.15, -0.1) is 0 Å². The third-order valence-corrected chi connectivity index (χ3v) is 3.34. The molecule has 2 rings (SSSR count). The molecule has 1 aromatic carbocycles. The third-order valence-electron chi connectivity index (χ3n) is 3.34. The average Bonchev–Trinajstić information content (AvgIpc) is 2.74. The van der Waals surface area contributed by atoms with Crippen LogP contribution in [0, 0.1) is 18.3 Å². The third kappa shape index (κ3) is 2.15. The van der Waals surface area contributed by atoms with E-state index in [1.807, 2.05) is 42.8 Å². The second kappa shape index (κ2) is 5.07. The Kier molecular flexibility index (Phi) is 3.48. The van der Waals surface area contributed by atoms with E-state index in [-0.39, 0.29) is 0 Å². The molecule has 0 aliphatic heterocycles. The van der Waals surface area contributed by atoms with Gasteiger partial charge in [0.1, 0.15) is 6.07 Å². The molecule has 0 spiro atoms. The van der Waals surface area contributed by atoms with Crippen LogP contribution >= 0.6 is 0 Å². The SMILES string of the molecule is COc1ccc(-c2cc(C#N)c(C)n2C)cc1OC. The molecule has 0 saturated carbocycles. The van der Waals surface area contributed by atoms with Crippen molar-refractivity contribution in [1.29, 1.82) is 5.26 Å². The number of nitrogens with zero attached hydrogens (tertiary/aromatic N) is 2. The molecule has 0 atom stereocenters. The highest BCUT2D eigenvalue weighted by Crippen LogP contribution is 2.33. The summed E-state index contributed by atoms with van der Waals surface area (Å²) in [4.78, 5) is 0. The fourth-order valence-electron chi connectivity index (χ4n) is 2.09. The predicted octanol–water partition coefficient (Wildman–Crippen LogP) is 2.89. The Hall–Kier alpha value is -2.41. The van der Waals surface area contributed by atoms with Gasteiger partial charge in [-0.05, 0) is 31.2 Å². The summed E-state index contributed by atoms with van der Waals surface area (Å²) in [7, 11) is 5.17. The van der Waals surface area contributed by atoms with E-state index >= 15 is 0 Å². The van der Waals surface area contributed by atoms with E-state index in [9.17, 15) is 0 Å². The molecule has 19 heavy (non-hydrogen) atoms. The highest BCUT2D eigenvalue weighted by Gasteiger charge is 2.12. The molecule has 1 heterocycles. The van der Waals surface area contributed by atoms with Gasteiger partial charge in [-0.2, -0.15) is 5.26 Å². The van der Waals surface area contributed by atoms with Gasteiger partial charge < -0.3 is 14.0 Å². The Morgan fingerprint density at radius 2 is 1.79 bits per heavy atom. The molecule has 0 aliphatic carbocycles. The van der Waals surface area contributed by atoms with Crippen molar-refractivity contribution in [2.45, 2.75) is 6.92 Å². The molecular formula is C15H16N2O2. The Morgan fingerprint density at radius 3 is 2.32 bits per heavy atom. The molecule has 4 nitrogen and oxygen atoms in total. The monoisotopic (exact) mass is 256 g/mol. The first-order valence-corrected chi connectivity index (χ1v) is 5.91. The van der Waals surface area contributed by atoms with Gasteiger partial charge in [0.15, 0.2) is 11.5 Å². The number of methoxy groups -OCH3 is 2. The van der Waals surface area contributed by atoms with Gasteiger partial charge in [0, 0.05) is 24.0 Å². The van der Waals surface area contributed by atoms with E-state index in [1.165, 1.54) is 0 Å². The Morgan fingerprint density at radius 1 is 1.11 bits per heavy atom. The number of rotatable bonds is 3. The molecule has 0 unspecified atom stereocenters. The van der Waals surface area contributed by atoms with E-state index in [0.717, 1.165) is 17.0 Å². The Bertz CT molecular complexity index is 651. The summed E-state index contributed by atoms with van der Waals surface area (Å²) in [6, 6.07) is 9.82. The first kappa shape index (κ1) is 13.0. The van der Waals surface area contributed by atoms with Crippen LogP contribution in [0.2, 0.25) is 0 Å². The molecular weight excluding hydrogens is 240 g/mol. The molecule has 0 bridgehead atoms. The highest BCUT2D eigenvalue weighted by molar-refractivity contribution is 5.67. The summed E-state index contributed by atoms with van der Waals surface area (Å²) in [6.45, 7) is 1.93. The zero-order valence-corrected chi connectivity index (χ0v) is 11.5. The van der Waals surface area contributed by atoms with Crippen LogP contribution in [-0.4, -0.2) is 18.8 Å². The minimum atomic E-state index is 0.678. The summed E-state index contributed by atoms with van der Waals surface area (Å²) in [5, 5.41) is 9.08. The van der Waals surface area contributed by atoms with Gasteiger partial charge in [0.05, 0.1) is 19.8 Å². The van der Waals surface area contributed by atoms with E-state index in [2.05, 4.69) is 6.07 Å². The van der Waals surface area contributed by atoms with Crippen molar-refractivity contribution in [2.75, 3.05) is 14.2 Å². The van der Waals surface area contributed by atoms with Crippen LogP contribution in [0.4, 0.5) is 0 Å². The van der Waals surface area contributed by atoms with Crippen LogP contribution in [0.3, 0.4) is 0 Å². The van der Waals surface area contributed by atoms with Crippen LogP contribution in [0.1, 0.15) is 11.3 Å². The molecule has 1 aromatic heterocycles. The van der Waals surface area contributed by atoms with Crippen LogP contribution in [0.15, 0.2) is 24.3 Å². The molecule has 0 radical (unpaired) electrons. The summed E-state index contributed by atoms with van der Waals surface area (Å²) in [5.74, 6) is 1.37. The van der Waals surface area contributed by atoms with E-state index in [0.29, 0.717) is 17.1 Å². The molecule has 0 fully saturated rings. The molecule has 0 saturated heterocycles. The second-order valence-electron chi connectivity index (χ2n) is 4.27. The number of aromatic nitrogens is 1. The van der Waals surface area contributed by atoms with Crippen molar-refractivity contribution in [3.8, 4) is 28.8 Å². The van der Waals surface area contributed by atoms with Gasteiger partial charge in [-0.3, -0.25) is 0 Å². The lowest BCUT2D eigenvalue weighted by Gasteiger charge is -2.10. The predicted molar refractivity (Wildman–Crippen MR) is 73.4 cm³/mol. The second-order valence-corrected chi connectivity index (χ2v) is 4.27. The fraction of sp³-hybridized carbons (Fsp3) is 0.267. The summed E-state index contributed by atoms with van der Waals surface area (Å²) in [6.07, 6.45) is 0. The topological polar surface area (TPSA) is 47.2 Å². The molecule has 0 amide bonds. The van der Waals surface area contributed by atoms with Gasteiger partial charge in [-0.1, -0.05) is 0 Å². The van der Waals surface area contributed by atoms with E-state index in [1.54, 1.807) is 14.2 Å². The fourth-order valence-corrected chi connectivity index (χ4v) is 2.09. The van der Waals surface area contributed by atoms with Crippen molar-refractivity contribution in [2.24, 2.45) is 7.05 Å². The maximum atomic E-state index is 9.08. The van der Waals surface area contributed by atoms with Crippen LogP contribution in [-0.2, 0) is 7.05 Å². The molecule has 98 valence electrons. The Labute approximate surface area is 112 Å². The number of hydrogen-bond acceptors (Lipinski definition) is 3. The average molecular weight is 256 g/mol. The number of hydrogen-bond donors (Lipinski definition) is 0. The number of nitriles is 1. The van der Waals surface area contributed by atoms with Crippen molar-refractivity contribution in [3.63, 3.8) is 0 Å². The lowest BCUT2D eigenvalue weighted by atomic mass is 10.1. The largest absolute Gasteiger partial charge is 0.493 e. The normalized spacial score (nSPS) is 10.1. The van der Waals surface area contributed by atoms with Gasteiger partial charge in [0.2, 0.25) is 0 Å². The maximum Gasteiger partial charge on any atom is 0.161 e. The maximum absolute atomic E-state index is 9.08. The number of ether oxygens (including phenoxy) is 2. The summed E-state index contributed by atoms with van der Waals surface area (Å²) >= 11 is 0. The van der Waals surface area contributed by atoms with Crippen molar-refractivity contribution in [3.05, 3.63) is 35.5 Å². The summed E-state index contributed by atoms with van der Waals surface area (Å²) < 4.78 is 12.5. The highest BCUT2D eigenvalue weighted by atomic mass is 16.5. The van der Waals surface area contributed by atoms with E-state index < -0.39 is 0 Å². The standard InChI is InChI=1S/C15H16N2O2/c1-10-12(9-16)7-13(17(10)2)11-5-6-14(18-3)15(8-11)19-4/h5-8H,1-4H3. The lowest BCUT2D eigenvalue weighted by Crippen LogP contribution is -1.96. The zero-order chi connectivity index (χ0) is 14.0. The lowest BCUT2D eigenvalue weighted by molar-refractivity contribution is 0.355. The molecule has 0 aliphatic rings. The smallest absolute Gasteiger partial charge is 0.161 e.